The van der Waals surface area contributed by atoms with Crippen LogP contribution in [0.4, 0.5) is 5.69 Å². The average Bonchev–Trinajstić information content (AvgIpc) is 2.43. The first kappa shape index (κ1) is 17.5. The van der Waals surface area contributed by atoms with Crippen molar-refractivity contribution < 1.29 is 15.0 Å². The van der Waals surface area contributed by atoms with E-state index in [1.807, 2.05) is 37.3 Å². The van der Waals surface area contributed by atoms with Crippen molar-refractivity contribution in [3.05, 3.63) is 30.3 Å². The van der Waals surface area contributed by atoms with Crippen molar-refractivity contribution in [2.45, 2.75) is 52.2 Å². The summed E-state index contributed by atoms with van der Waals surface area (Å²) < 4.78 is 0. The van der Waals surface area contributed by atoms with Crippen LogP contribution in [0, 0.1) is 11.8 Å². The van der Waals surface area contributed by atoms with E-state index in [-0.39, 0.29) is 12.3 Å². The van der Waals surface area contributed by atoms with E-state index < -0.39 is 12.2 Å². The van der Waals surface area contributed by atoms with Crippen LogP contribution in [0.5, 0.6) is 0 Å². The molecule has 118 valence electrons. The Morgan fingerprint density at radius 1 is 1.10 bits per heavy atom. The van der Waals surface area contributed by atoms with Crippen molar-refractivity contribution in [1.29, 1.82) is 0 Å². The fraction of sp³-hybridized carbons (Fsp3) is 0.588. The van der Waals surface area contributed by atoms with E-state index in [4.69, 9.17) is 5.11 Å². The Kier molecular flexibility index (Phi) is 7.83. The number of aliphatic hydroxyl groups excluding tert-OH is 1. The number of carbonyl (C=O) groups is 1. The second-order valence-corrected chi connectivity index (χ2v) is 5.86. The first-order valence-corrected chi connectivity index (χ1v) is 7.70. The number of nitrogens with one attached hydrogen (secondary N) is 1. The molecule has 0 radical (unpaired) electrons. The van der Waals surface area contributed by atoms with E-state index in [1.165, 1.54) is 0 Å². The molecule has 0 heterocycles. The number of benzene rings is 1. The molecule has 0 saturated carbocycles. The second-order valence-electron chi connectivity index (χ2n) is 5.86. The lowest BCUT2D eigenvalue weighted by molar-refractivity contribution is -0.138. The Hall–Kier alpha value is -1.55. The van der Waals surface area contributed by atoms with Crippen molar-refractivity contribution in [2.24, 2.45) is 11.8 Å². The third kappa shape index (κ3) is 7.71. The molecule has 3 N–H and O–H groups in total. The van der Waals surface area contributed by atoms with Gasteiger partial charge in [0.25, 0.3) is 0 Å². The fourth-order valence-corrected chi connectivity index (χ4v) is 2.36. The van der Waals surface area contributed by atoms with Crippen LogP contribution in [0.25, 0.3) is 0 Å². The molecule has 0 bridgehead atoms. The summed E-state index contributed by atoms with van der Waals surface area (Å²) in [5.74, 6) is -0.118. The van der Waals surface area contributed by atoms with Crippen LogP contribution in [0.15, 0.2) is 30.3 Å². The maximum Gasteiger partial charge on any atom is 0.303 e. The number of para-hydroxylation sites is 1. The van der Waals surface area contributed by atoms with Crippen molar-refractivity contribution >= 4 is 11.7 Å². The van der Waals surface area contributed by atoms with E-state index in [0.29, 0.717) is 12.3 Å². The van der Waals surface area contributed by atoms with Crippen LogP contribution in [-0.4, -0.2) is 22.4 Å². The molecular formula is C17H27NO3. The van der Waals surface area contributed by atoms with Gasteiger partial charge in [-0.1, -0.05) is 44.9 Å². The zero-order valence-electron chi connectivity index (χ0n) is 13.0. The first-order chi connectivity index (χ1) is 9.99. The predicted molar refractivity (Wildman–Crippen MR) is 85.1 cm³/mol. The van der Waals surface area contributed by atoms with E-state index in [1.54, 1.807) is 0 Å². The summed E-state index contributed by atoms with van der Waals surface area (Å²) in [6.45, 7) is 4.09. The van der Waals surface area contributed by atoms with Gasteiger partial charge in [-0.3, -0.25) is 4.79 Å². The highest BCUT2D eigenvalue weighted by atomic mass is 16.4. The topological polar surface area (TPSA) is 69.6 Å². The van der Waals surface area contributed by atoms with Gasteiger partial charge in [-0.25, -0.2) is 0 Å². The molecule has 0 aliphatic carbocycles. The molecule has 21 heavy (non-hydrogen) atoms. The highest BCUT2D eigenvalue weighted by Gasteiger charge is 2.15. The molecule has 0 spiro atoms. The molecule has 0 fully saturated rings. The second kappa shape index (κ2) is 9.40. The Morgan fingerprint density at radius 3 is 2.33 bits per heavy atom. The van der Waals surface area contributed by atoms with Gasteiger partial charge in [0.2, 0.25) is 0 Å². The number of carboxylic acids is 1. The van der Waals surface area contributed by atoms with Gasteiger partial charge in [0.05, 0.1) is 0 Å². The van der Waals surface area contributed by atoms with E-state index in [2.05, 4.69) is 12.2 Å². The maximum absolute atomic E-state index is 10.7. The normalized spacial score (nSPS) is 15.2. The standard InChI is InChI=1S/C17H27NO3/c1-13(14(2)12-17(20)21)8-6-7-11-16(19)18-15-9-4-3-5-10-15/h3-5,9-10,13-14,16,18-19H,6-8,11-12H2,1-2H3,(H,20,21). The van der Waals surface area contributed by atoms with Crippen molar-refractivity contribution in [1.82, 2.24) is 0 Å². The minimum absolute atomic E-state index is 0.204. The minimum Gasteiger partial charge on any atom is -0.481 e. The summed E-state index contributed by atoms with van der Waals surface area (Å²) in [6, 6.07) is 9.66. The average molecular weight is 293 g/mol. The van der Waals surface area contributed by atoms with Crippen LogP contribution in [-0.2, 0) is 4.79 Å². The van der Waals surface area contributed by atoms with Gasteiger partial charge in [-0.2, -0.15) is 0 Å². The zero-order valence-corrected chi connectivity index (χ0v) is 13.0. The number of hydrogen-bond donors (Lipinski definition) is 3. The SMILES string of the molecule is CC(CCCCC(O)Nc1ccccc1)C(C)CC(=O)O. The predicted octanol–water partition coefficient (Wildman–Crippen LogP) is 3.72. The molecule has 0 aromatic heterocycles. The van der Waals surface area contributed by atoms with Gasteiger partial charge >= 0.3 is 5.97 Å². The van der Waals surface area contributed by atoms with Gasteiger partial charge in [-0.15, -0.1) is 0 Å². The van der Waals surface area contributed by atoms with Crippen LogP contribution >= 0.6 is 0 Å². The number of rotatable bonds is 10. The summed E-state index contributed by atoms with van der Waals surface area (Å²) >= 11 is 0. The number of aliphatic carboxylic acids is 1. The van der Waals surface area contributed by atoms with Gasteiger partial charge in [0.15, 0.2) is 0 Å². The monoisotopic (exact) mass is 293 g/mol. The third-order valence-corrected chi connectivity index (χ3v) is 3.96. The molecule has 1 aromatic rings. The Labute approximate surface area is 127 Å². The molecule has 3 unspecified atom stereocenters. The quantitative estimate of drug-likeness (QED) is 0.454. The van der Waals surface area contributed by atoms with Crippen LogP contribution in [0.1, 0.15) is 46.0 Å². The number of anilines is 1. The van der Waals surface area contributed by atoms with Crippen molar-refractivity contribution in [3.63, 3.8) is 0 Å². The van der Waals surface area contributed by atoms with Crippen LogP contribution in [0.2, 0.25) is 0 Å². The lowest BCUT2D eigenvalue weighted by Crippen LogP contribution is -2.18. The maximum atomic E-state index is 10.7. The largest absolute Gasteiger partial charge is 0.481 e. The van der Waals surface area contributed by atoms with Gasteiger partial charge < -0.3 is 15.5 Å². The fourth-order valence-electron chi connectivity index (χ4n) is 2.36. The Bertz CT molecular complexity index is 408. The number of hydrogen-bond acceptors (Lipinski definition) is 3. The first-order valence-electron chi connectivity index (χ1n) is 7.70. The van der Waals surface area contributed by atoms with E-state index >= 15 is 0 Å². The number of aliphatic hydroxyl groups is 1. The molecule has 0 aliphatic heterocycles. The molecule has 0 aliphatic rings. The van der Waals surface area contributed by atoms with Crippen molar-refractivity contribution in [2.75, 3.05) is 5.32 Å². The minimum atomic E-state index is -0.725. The summed E-state index contributed by atoms with van der Waals surface area (Å²) in [5.41, 5.74) is 0.924. The summed E-state index contributed by atoms with van der Waals surface area (Å²) in [4.78, 5) is 10.7. The van der Waals surface area contributed by atoms with Gasteiger partial charge in [0, 0.05) is 12.1 Å². The molecule has 0 amide bonds. The van der Waals surface area contributed by atoms with Gasteiger partial charge in [-0.05, 0) is 36.8 Å². The number of unbranched alkanes of at least 4 members (excludes halogenated alkanes) is 1. The Balaban J connectivity index is 2.14. The van der Waals surface area contributed by atoms with Crippen LogP contribution < -0.4 is 5.32 Å². The smallest absolute Gasteiger partial charge is 0.303 e. The Morgan fingerprint density at radius 2 is 1.71 bits per heavy atom. The molecule has 0 saturated heterocycles. The van der Waals surface area contributed by atoms with Crippen LogP contribution in [0.3, 0.4) is 0 Å². The third-order valence-electron chi connectivity index (χ3n) is 3.96. The molecule has 1 rings (SSSR count). The molecule has 4 heteroatoms. The van der Waals surface area contributed by atoms with E-state index in [0.717, 1.165) is 24.9 Å². The zero-order chi connectivity index (χ0) is 15.7. The van der Waals surface area contributed by atoms with E-state index in [9.17, 15) is 9.90 Å². The lowest BCUT2D eigenvalue weighted by Gasteiger charge is -2.18. The summed E-state index contributed by atoms with van der Waals surface area (Å²) in [6.07, 6.45) is 3.36. The summed E-state index contributed by atoms with van der Waals surface area (Å²) in [7, 11) is 0. The molecule has 3 atom stereocenters. The molecule has 4 nitrogen and oxygen atoms in total. The van der Waals surface area contributed by atoms with Crippen molar-refractivity contribution in [3.8, 4) is 0 Å². The highest BCUT2D eigenvalue weighted by molar-refractivity contribution is 5.66. The molecule has 1 aromatic carbocycles. The number of carboxylic acid groups (broad SMARTS) is 1. The highest BCUT2D eigenvalue weighted by Crippen LogP contribution is 2.21. The summed E-state index contributed by atoms with van der Waals surface area (Å²) in [5, 5.41) is 21.7. The molecular weight excluding hydrogens is 266 g/mol. The lowest BCUT2D eigenvalue weighted by atomic mass is 9.88. The van der Waals surface area contributed by atoms with Gasteiger partial charge in [0.1, 0.15) is 6.23 Å².